The van der Waals surface area contributed by atoms with Gasteiger partial charge in [-0.1, -0.05) is 0 Å². The van der Waals surface area contributed by atoms with Gasteiger partial charge in [-0.15, -0.1) is 23.2 Å². The molecule has 0 aliphatic carbocycles. The summed E-state index contributed by atoms with van der Waals surface area (Å²) in [7, 11) is 0. The molecule has 1 nitrogen and oxygen atoms in total. The number of aromatic amines is 1. The fraction of sp³-hybridized carbons (Fsp3) is 0.286. The highest BCUT2D eigenvalue weighted by Gasteiger charge is 2.00. The summed E-state index contributed by atoms with van der Waals surface area (Å²) in [6, 6.07) is 5.80. The summed E-state index contributed by atoms with van der Waals surface area (Å²) >= 11 is 11.2. The highest BCUT2D eigenvalue weighted by molar-refractivity contribution is 6.17. The maximum Gasteiger partial charge on any atom is 0.194 e. The quantitative estimate of drug-likeness (QED) is 0.613. The van der Waals surface area contributed by atoms with Crippen LogP contribution < -0.4 is 4.98 Å². The normalized spacial score (nSPS) is 9.80. The molecule has 1 heterocycles. The number of pyridine rings is 1. The molecule has 0 amide bonds. The molecular formula is C7H8Cl2N+. The first-order valence-corrected chi connectivity index (χ1v) is 4.05. The summed E-state index contributed by atoms with van der Waals surface area (Å²) < 4.78 is 0. The molecule has 0 atom stereocenters. The minimum absolute atomic E-state index is 0.505. The summed E-state index contributed by atoms with van der Waals surface area (Å²) in [5, 5.41) is 0. The SMILES string of the molecule is ClCc1cccc(CCl)[nH+]1. The Morgan fingerprint density at radius 3 is 2.00 bits per heavy atom. The number of nitrogens with one attached hydrogen (secondary N) is 1. The third kappa shape index (κ3) is 1.86. The van der Waals surface area contributed by atoms with E-state index in [0.29, 0.717) is 11.8 Å². The molecule has 0 fully saturated rings. The van der Waals surface area contributed by atoms with Crippen molar-refractivity contribution in [3.8, 4) is 0 Å². The van der Waals surface area contributed by atoms with E-state index < -0.39 is 0 Å². The summed E-state index contributed by atoms with van der Waals surface area (Å²) in [5.41, 5.74) is 2.00. The van der Waals surface area contributed by atoms with E-state index in [1.54, 1.807) is 0 Å². The van der Waals surface area contributed by atoms with Crippen molar-refractivity contribution in [1.82, 2.24) is 0 Å². The van der Waals surface area contributed by atoms with Gasteiger partial charge in [0.15, 0.2) is 11.4 Å². The summed E-state index contributed by atoms with van der Waals surface area (Å²) in [6.45, 7) is 0. The Bertz CT molecular complexity index is 193. The third-order valence-corrected chi connectivity index (χ3v) is 1.78. The van der Waals surface area contributed by atoms with Gasteiger partial charge in [-0.2, -0.15) is 0 Å². The van der Waals surface area contributed by atoms with Crippen LogP contribution in [0.15, 0.2) is 18.2 Å². The lowest BCUT2D eigenvalue weighted by Crippen LogP contribution is -2.14. The Labute approximate surface area is 70.0 Å². The van der Waals surface area contributed by atoms with Crippen LogP contribution >= 0.6 is 23.2 Å². The number of aromatic nitrogens is 1. The van der Waals surface area contributed by atoms with Crippen molar-refractivity contribution in [2.75, 3.05) is 0 Å². The Morgan fingerprint density at radius 2 is 1.60 bits per heavy atom. The minimum atomic E-state index is 0.505. The average Bonchev–Trinajstić information content (AvgIpc) is 2.05. The second kappa shape index (κ2) is 3.79. The van der Waals surface area contributed by atoms with Gasteiger partial charge in [-0.25, -0.2) is 4.98 Å². The molecule has 0 bridgehead atoms. The Balaban J connectivity index is 2.87. The summed E-state index contributed by atoms with van der Waals surface area (Å²) in [5.74, 6) is 1.01. The van der Waals surface area contributed by atoms with E-state index in [1.807, 2.05) is 18.2 Å². The molecule has 0 radical (unpaired) electrons. The number of rotatable bonds is 2. The topological polar surface area (TPSA) is 14.1 Å². The molecule has 0 saturated carbocycles. The summed E-state index contributed by atoms with van der Waals surface area (Å²) in [4.78, 5) is 3.08. The van der Waals surface area contributed by atoms with Crippen molar-refractivity contribution in [3.05, 3.63) is 29.6 Å². The molecule has 1 aromatic heterocycles. The standard InChI is InChI=1S/C7H7Cl2N/c8-4-6-2-1-3-7(5-9)10-6/h1-3H,4-5H2/p+1. The van der Waals surface area contributed by atoms with E-state index in [0.717, 1.165) is 11.4 Å². The van der Waals surface area contributed by atoms with Crippen LogP contribution in [0.3, 0.4) is 0 Å². The number of alkyl halides is 2. The van der Waals surface area contributed by atoms with Crippen molar-refractivity contribution in [3.63, 3.8) is 0 Å². The molecule has 0 aromatic carbocycles. The monoisotopic (exact) mass is 176 g/mol. The van der Waals surface area contributed by atoms with Crippen molar-refractivity contribution < 1.29 is 4.98 Å². The van der Waals surface area contributed by atoms with Gasteiger partial charge in [0.05, 0.1) is 0 Å². The molecule has 1 aromatic rings. The van der Waals surface area contributed by atoms with Crippen LogP contribution in [0.5, 0.6) is 0 Å². The number of halogens is 2. The molecule has 3 heteroatoms. The van der Waals surface area contributed by atoms with Crippen LogP contribution in [0.1, 0.15) is 11.4 Å². The van der Waals surface area contributed by atoms with Crippen LogP contribution in [-0.2, 0) is 11.8 Å². The number of hydrogen-bond donors (Lipinski definition) is 0. The van der Waals surface area contributed by atoms with Gasteiger partial charge < -0.3 is 0 Å². The van der Waals surface area contributed by atoms with Gasteiger partial charge in [0.25, 0.3) is 0 Å². The zero-order valence-electron chi connectivity index (χ0n) is 5.40. The second-order valence-corrected chi connectivity index (χ2v) is 2.50. The lowest BCUT2D eigenvalue weighted by molar-refractivity contribution is -0.398. The van der Waals surface area contributed by atoms with E-state index in [1.165, 1.54) is 0 Å². The maximum atomic E-state index is 5.58. The Hall–Kier alpha value is -0.270. The molecular weight excluding hydrogens is 169 g/mol. The molecule has 54 valence electrons. The fourth-order valence-corrected chi connectivity index (χ4v) is 1.04. The zero-order chi connectivity index (χ0) is 7.40. The molecule has 10 heavy (non-hydrogen) atoms. The first-order chi connectivity index (χ1) is 4.86. The van der Waals surface area contributed by atoms with E-state index in [-0.39, 0.29) is 0 Å². The van der Waals surface area contributed by atoms with Gasteiger partial charge in [-0.3, -0.25) is 0 Å². The first-order valence-electron chi connectivity index (χ1n) is 2.99. The summed E-state index contributed by atoms with van der Waals surface area (Å²) in [6.07, 6.45) is 0. The predicted octanol–water partition coefficient (Wildman–Crippen LogP) is 1.98. The first kappa shape index (κ1) is 7.83. The van der Waals surface area contributed by atoms with Crippen LogP contribution in [0.25, 0.3) is 0 Å². The zero-order valence-corrected chi connectivity index (χ0v) is 6.91. The lowest BCUT2D eigenvalue weighted by Gasteiger charge is -1.88. The smallest absolute Gasteiger partial charge is 0.194 e. The molecule has 0 unspecified atom stereocenters. The molecule has 1 N–H and O–H groups in total. The van der Waals surface area contributed by atoms with Crippen LogP contribution in [0, 0.1) is 0 Å². The maximum absolute atomic E-state index is 5.58. The lowest BCUT2D eigenvalue weighted by atomic mass is 10.3. The molecule has 0 aliphatic rings. The van der Waals surface area contributed by atoms with Crippen molar-refractivity contribution in [1.29, 1.82) is 0 Å². The van der Waals surface area contributed by atoms with Gasteiger partial charge in [0.1, 0.15) is 11.8 Å². The van der Waals surface area contributed by atoms with E-state index >= 15 is 0 Å². The van der Waals surface area contributed by atoms with Crippen molar-refractivity contribution in [2.24, 2.45) is 0 Å². The second-order valence-electron chi connectivity index (χ2n) is 1.97. The van der Waals surface area contributed by atoms with Gasteiger partial charge in [0.2, 0.25) is 0 Å². The number of H-pyrrole nitrogens is 1. The highest BCUT2D eigenvalue weighted by atomic mass is 35.5. The number of hydrogen-bond acceptors (Lipinski definition) is 0. The minimum Gasteiger partial charge on any atom is -0.210 e. The highest BCUT2D eigenvalue weighted by Crippen LogP contribution is 1.98. The predicted molar refractivity (Wildman–Crippen MR) is 42.1 cm³/mol. The Morgan fingerprint density at radius 1 is 1.10 bits per heavy atom. The van der Waals surface area contributed by atoms with Gasteiger partial charge >= 0.3 is 0 Å². The molecule has 0 spiro atoms. The van der Waals surface area contributed by atoms with Crippen molar-refractivity contribution >= 4 is 23.2 Å². The van der Waals surface area contributed by atoms with Crippen molar-refractivity contribution in [2.45, 2.75) is 11.8 Å². The van der Waals surface area contributed by atoms with Gasteiger partial charge in [-0.05, 0) is 6.07 Å². The van der Waals surface area contributed by atoms with Crippen LogP contribution in [0.2, 0.25) is 0 Å². The molecule has 1 rings (SSSR count). The van der Waals surface area contributed by atoms with Crippen LogP contribution in [0.4, 0.5) is 0 Å². The molecule has 0 saturated heterocycles. The molecule has 0 aliphatic heterocycles. The fourth-order valence-electron chi connectivity index (χ4n) is 0.726. The Kier molecular flexibility index (Phi) is 2.97. The van der Waals surface area contributed by atoms with Crippen LogP contribution in [-0.4, -0.2) is 0 Å². The van der Waals surface area contributed by atoms with E-state index in [9.17, 15) is 0 Å². The van der Waals surface area contributed by atoms with E-state index in [4.69, 9.17) is 23.2 Å². The van der Waals surface area contributed by atoms with E-state index in [2.05, 4.69) is 4.98 Å². The average molecular weight is 177 g/mol. The third-order valence-electron chi connectivity index (χ3n) is 1.20. The largest absolute Gasteiger partial charge is 0.210 e. The van der Waals surface area contributed by atoms with Gasteiger partial charge in [0, 0.05) is 12.1 Å².